The van der Waals surface area contributed by atoms with Gasteiger partial charge in [-0.05, 0) is 41.2 Å². The van der Waals surface area contributed by atoms with Crippen LogP contribution in [0.2, 0.25) is 0 Å². The number of H-pyrrole nitrogens is 1. The highest BCUT2D eigenvalue weighted by molar-refractivity contribution is 7.71. The molecule has 2 nitrogen and oxygen atoms in total. The second kappa shape index (κ2) is 3.23. The summed E-state index contributed by atoms with van der Waals surface area (Å²) < 4.78 is 16.2. The normalized spacial score (nSPS) is 21.4. The monoisotopic (exact) mass is 264 g/mol. The number of hydrogen-bond acceptors (Lipinski definition) is 1. The fourth-order valence-corrected chi connectivity index (χ4v) is 3.47. The molecule has 0 radical (unpaired) electrons. The van der Waals surface area contributed by atoms with Crippen molar-refractivity contribution in [3.05, 3.63) is 28.8 Å². The first-order valence-corrected chi connectivity index (χ1v) is 6.57. The summed E-state index contributed by atoms with van der Waals surface area (Å²) in [4.78, 5) is 3.16. The van der Waals surface area contributed by atoms with Gasteiger partial charge in [-0.15, -0.1) is 0 Å². The minimum absolute atomic E-state index is 0.173. The van der Waals surface area contributed by atoms with Crippen molar-refractivity contribution in [3.63, 3.8) is 0 Å². The zero-order valence-corrected chi connectivity index (χ0v) is 11.9. The molecule has 1 N–H and O–H groups in total. The van der Waals surface area contributed by atoms with Crippen LogP contribution in [0.1, 0.15) is 33.7 Å². The Kier molecular flexibility index (Phi) is 2.14. The topological polar surface area (TPSA) is 20.7 Å². The fraction of sp³-hybridized carbons (Fsp3) is 0.500. The Morgan fingerprint density at radius 3 is 2.39 bits per heavy atom. The Morgan fingerprint density at radius 1 is 1.22 bits per heavy atom. The van der Waals surface area contributed by atoms with E-state index in [4.69, 9.17) is 12.2 Å². The van der Waals surface area contributed by atoms with Crippen LogP contribution in [0.3, 0.4) is 0 Å². The maximum absolute atomic E-state index is 13.4. The van der Waals surface area contributed by atoms with E-state index in [9.17, 15) is 4.39 Å². The molecule has 18 heavy (non-hydrogen) atoms. The molecule has 0 bridgehead atoms. The lowest BCUT2D eigenvalue weighted by atomic mass is 10.0. The van der Waals surface area contributed by atoms with Gasteiger partial charge in [-0.3, -0.25) is 0 Å². The summed E-state index contributed by atoms with van der Waals surface area (Å²) in [7, 11) is 0. The molecule has 0 spiro atoms. The molecular formula is C14H17FN2S. The first-order valence-electron chi connectivity index (χ1n) is 6.16. The van der Waals surface area contributed by atoms with Gasteiger partial charge in [-0.1, -0.05) is 27.7 Å². The maximum Gasteiger partial charge on any atom is 0.178 e. The largest absolute Gasteiger partial charge is 0.331 e. The molecule has 2 aromatic rings. The van der Waals surface area contributed by atoms with E-state index in [-0.39, 0.29) is 16.6 Å². The Bertz CT molecular complexity index is 679. The van der Waals surface area contributed by atoms with Crippen LogP contribution < -0.4 is 0 Å². The van der Waals surface area contributed by atoms with E-state index in [0.29, 0.717) is 10.8 Å². The lowest BCUT2D eigenvalue weighted by molar-refractivity contribution is 0.457. The minimum Gasteiger partial charge on any atom is -0.331 e. The molecule has 0 amide bonds. The van der Waals surface area contributed by atoms with Crippen LogP contribution in [0.4, 0.5) is 4.39 Å². The molecular weight excluding hydrogens is 247 g/mol. The molecule has 1 aromatic heterocycles. The SMILES string of the molecule is CC1(C)C(n2c(=S)[nH]c3ccc(F)cc32)C1(C)C. The van der Waals surface area contributed by atoms with Gasteiger partial charge in [0, 0.05) is 6.04 Å². The Hall–Kier alpha value is -1.16. The van der Waals surface area contributed by atoms with Crippen molar-refractivity contribution in [1.29, 1.82) is 0 Å². The number of imidazole rings is 1. The molecule has 1 saturated carbocycles. The summed E-state index contributed by atoms with van der Waals surface area (Å²) in [6.45, 7) is 8.93. The van der Waals surface area contributed by atoms with Crippen molar-refractivity contribution in [2.24, 2.45) is 10.8 Å². The van der Waals surface area contributed by atoms with Crippen LogP contribution in [0.5, 0.6) is 0 Å². The predicted molar refractivity (Wildman–Crippen MR) is 73.7 cm³/mol. The molecule has 1 heterocycles. The van der Waals surface area contributed by atoms with Gasteiger partial charge in [0.15, 0.2) is 4.77 Å². The van der Waals surface area contributed by atoms with E-state index in [1.807, 2.05) is 0 Å². The van der Waals surface area contributed by atoms with Gasteiger partial charge in [0.2, 0.25) is 0 Å². The molecule has 96 valence electrons. The smallest absolute Gasteiger partial charge is 0.178 e. The summed E-state index contributed by atoms with van der Waals surface area (Å²) in [6, 6.07) is 5.08. The summed E-state index contributed by atoms with van der Waals surface area (Å²) in [6.07, 6.45) is 0. The number of nitrogens with one attached hydrogen (secondary N) is 1. The second-order valence-corrected chi connectivity index (χ2v) is 6.69. The molecule has 0 saturated heterocycles. The highest BCUT2D eigenvalue weighted by atomic mass is 32.1. The van der Waals surface area contributed by atoms with Crippen LogP contribution >= 0.6 is 12.2 Å². The number of aromatic amines is 1. The zero-order valence-electron chi connectivity index (χ0n) is 11.0. The number of nitrogens with zero attached hydrogens (tertiary/aromatic N) is 1. The number of halogens is 1. The van der Waals surface area contributed by atoms with Crippen LogP contribution in [0.25, 0.3) is 11.0 Å². The van der Waals surface area contributed by atoms with E-state index in [1.54, 1.807) is 12.1 Å². The van der Waals surface area contributed by atoms with E-state index >= 15 is 0 Å². The van der Waals surface area contributed by atoms with Gasteiger partial charge >= 0.3 is 0 Å². The summed E-state index contributed by atoms with van der Waals surface area (Å²) in [5.74, 6) is -0.221. The number of fused-ring (bicyclic) bond motifs is 1. The third-order valence-corrected chi connectivity index (χ3v) is 5.18. The quantitative estimate of drug-likeness (QED) is 0.755. The third kappa shape index (κ3) is 1.30. The van der Waals surface area contributed by atoms with E-state index in [1.165, 1.54) is 6.07 Å². The zero-order chi connectivity index (χ0) is 13.3. The average Bonchev–Trinajstić information content (AvgIpc) is 2.53. The molecule has 1 aliphatic rings. The number of rotatable bonds is 1. The standard InChI is InChI=1S/C14H17FN2S/c1-13(2)11(14(13,3)4)17-10-7-8(15)5-6-9(10)16-12(17)18/h5-7,11H,1-4H3,(H,16,18). The van der Waals surface area contributed by atoms with Crippen molar-refractivity contribution < 1.29 is 4.39 Å². The first-order chi connectivity index (χ1) is 8.26. The molecule has 1 fully saturated rings. The second-order valence-electron chi connectivity index (χ2n) is 6.31. The predicted octanol–water partition coefficient (Wildman–Crippen LogP) is 4.45. The van der Waals surface area contributed by atoms with Crippen molar-refractivity contribution in [2.45, 2.75) is 33.7 Å². The molecule has 1 aliphatic carbocycles. The van der Waals surface area contributed by atoms with Gasteiger partial charge in [0.1, 0.15) is 5.82 Å². The van der Waals surface area contributed by atoms with Gasteiger partial charge in [-0.25, -0.2) is 4.39 Å². The highest BCUT2D eigenvalue weighted by Crippen LogP contribution is 2.71. The fourth-order valence-electron chi connectivity index (χ4n) is 3.16. The molecule has 0 atom stereocenters. The number of aromatic nitrogens is 2. The molecule has 4 heteroatoms. The Morgan fingerprint density at radius 2 is 1.83 bits per heavy atom. The van der Waals surface area contributed by atoms with Crippen molar-refractivity contribution in [2.75, 3.05) is 0 Å². The van der Waals surface area contributed by atoms with Crippen molar-refractivity contribution in [1.82, 2.24) is 9.55 Å². The molecule has 0 aliphatic heterocycles. The van der Waals surface area contributed by atoms with E-state index < -0.39 is 0 Å². The van der Waals surface area contributed by atoms with Crippen molar-refractivity contribution in [3.8, 4) is 0 Å². The summed E-state index contributed by atoms with van der Waals surface area (Å²) >= 11 is 5.40. The van der Waals surface area contributed by atoms with Gasteiger partial charge in [0.05, 0.1) is 11.0 Å². The van der Waals surface area contributed by atoms with E-state index in [2.05, 4.69) is 37.2 Å². The van der Waals surface area contributed by atoms with Gasteiger partial charge in [-0.2, -0.15) is 0 Å². The van der Waals surface area contributed by atoms with Gasteiger partial charge < -0.3 is 9.55 Å². The van der Waals surface area contributed by atoms with E-state index in [0.717, 1.165) is 11.0 Å². The minimum atomic E-state index is -0.221. The summed E-state index contributed by atoms with van der Waals surface area (Å²) in [5.41, 5.74) is 2.11. The third-order valence-electron chi connectivity index (χ3n) is 4.88. The molecule has 3 rings (SSSR count). The van der Waals surface area contributed by atoms with Crippen molar-refractivity contribution >= 4 is 23.3 Å². The highest BCUT2D eigenvalue weighted by Gasteiger charge is 2.66. The Balaban J connectivity index is 2.28. The molecule has 1 aromatic carbocycles. The van der Waals surface area contributed by atoms with Crippen LogP contribution in [-0.2, 0) is 0 Å². The Labute approximate surface area is 111 Å². The average molecular weight is 264 g/mol. The lowest BCUT2D eigenvalue weighted by Gasteiger charge is -2.06. The number of benzene rings is 1. The molecule has 0 unspecified atom stereocenters. The van der Waals surface area contributed by atoms with Gasteiger partial charge in [0.25, 0.3) is 0 Å². The van der Waals surface area contributed by atoms with Crippen LogP contribution in [0.15, 0.2) is 18.2 Å². The number of hydrogen-bond donors (Lipinski definition) is 1. The summed E-state index contributed by atoms with van der Waals surface area (Å²) in [5, 5.41) is 0. The van der Waals surface area contributed by atoms with Crippen LogP contribution in [-0.4, -0.2) is 9.55 Å². The first kappa shape index (κ1) is 11.9. The lowest BCUT2D eigenvalue weighted by Crippen LogP contribution is -2.00. The maximum atomic E-state index is 13.4. The van der Waals surface area contributed by atoms with Crippen LogP contribution in [0, 0.1) is 21.4 Å².